The van der Waals surface area contributed by atoms with Gasteiger partial charge in [0.05, 0.1) is 24.3 Å². The number of likely N-dealkylation sites (N-methyl/N-ethyl adjacent to an activating group) is 1. The van der Waals surface area contributed by atoms with Crippen molar-refractivity contribution < 1.29 is 13.2 Å². The molecule has 0 saturated heterocycles. The minimum absolute atomic E-state index is 0.0398. The number of benzene rings is 1. The van der Waals surface area contributed by atoms with Gasteiger partial charge in [-0.05, 0) is 18.5 Å². The van der Waals surface area contributed by atoms with Crippen LogP contribution in [0.3, 0.4) is 0 Å². The van der Waals surface area contributed by atoms with E-state index < -0.39 is 9.84 Å². The fourth-order valence-electron chi connectivity index (χ4n) is 2.79. The van der Waals surface area contributed by atoms with Crippen LogP contribution in [0.15, 0.2) is 41.7 Å². The number of aromatic nitrogens is 2. The summed E-state index contributed by atoms with van der Waals surface area (Å²) in [7, 11) is 0.149. The van der Waals surface area contributed by atoms with Gasteiger partial charge in [-0.2, -0.15) is 0 Å². The normalized spacial score (nSPS) is 12.2. The van der Waals surface area contributed by atoms with Crippen LogP contribution in [0, 0.1) is 5.92 Å². The van der Waals surface area contributed by atoms with Crippen molar-refractivity contribution in [2.75, 3.05) is 27.3 Å². The van der Waals surface area contributed by atoms with Gasteiger partial charge < -0.3 is 9.30 Å². The van der Waals surface area contributed by atoms with Crippen molar-refractivity contribution in [1.82, 2.24) is 14.5 Å². The molecule has 0 spiro atoms. The summed E-state index contributed by atoms with van der Waals surface area (Å²) in [6.07, 6.45) is 1.68. The van der Waals surface area contributed by atoms with E-state index in [0.717, 1.165) is 17.8 Å². The summed E-state index contributed by atoms with van der Waals surface area (Å²) in [5, 5.41) is 0.158. The maximum absolute atomic E-state index is 13.0. The van der Waals surface area contributed by atoms with E-state index in [1.54, 1.807) is 13.3 Å². The summed E-state index contributed by atoms with van der Waals surface area (Å²) in [4.78, 5) is 6.39. The lowest BCUT2D eigenvalue weighted by molar-refractivity contribution is 0.157. The number of methoxy groups -OCH3 is 1. The van der Waals surface area contributed by atoms with Gasteiger partial charge in [0.1, 0.15) is 0 Å². The molecule has 0 amide bonds. The minimum atomic E-state index is -3.51. The Bertz CT molecular complexity index is 786. The maximum atomic E-state index is 13.0. The number of rotatable bonds is 10. The smallest absolute Gasteiger partial charge is 0.228 e. The van der Waals surface area contributed by atoms with Gasteiger partial charge in [0, 0.05) is 26.7 Å². The van der Waals surface area contributed by atoms with E-state index in [2.05, 4.69) is 23.7 Å². The van der Waals surface area contributed by atoms with Crippen LogP contribution >= 0.6 is 0 Å². The fourth-order valence-corrected chi connectivity index (χ4v) is 4.29. The summed E-state index contributed by atoms with van der Waals surface area (Å²) in [6.45, 7) is 6.81. The Morgan fingerprint density at radius 1 is 1.23 bits per heavy atom. The van der Waals surface area contributed by atoms with Gasteiger partial charge in [0.25, 0.3) is 0 Å². The Hall–Kier alpha value is -1.70. The largest absolute Gasteiger partial charge is 0.383 e. The number of ether oxygens (including phenoxy) is 1. The molecule has 2 rings (SSSR count). The van der Waals surface area contributed by atoms with Gasteiger partial charge in [-0.1, -0.05) is 44.2 Å². The maximum Gasteiger partial charge on any atom is 0.228 e. The van der Waals surface area contributed by atoms with Gasteiger partial charge in [-0.3, -0.25) is 4.90 Å². The molecule has 1 heterocycles. The zero-order chi connectivity index (χ0) is 19.2. The van der Waals surface area contributed by atoms with Crippen molar-refractivity contribution in [2.45, 2.75) is 37.8 Å². The highest BCUT2D eigenvalue weighted by molar-refractivity contribution is 7.90. The SMILES string of the molecule is COCCN(C)Cc1cnc(S(=O)(=O)Cc2ccccc2)n1CC(C)C. The van der Waals surface area contributed by atoms with Gasteiger partial charge in [-0.25, -0.2) is 13.4 Å². The summed E-state index contributed by atoms with van der Waals surface area (Å²) in [5.41, 5.74) is 1.68. The van der Waals surface area contributed by atoms with Crippen molar-refractivity contribution in [2.24, 2.45) is 5.92 Å². The van der Waals surface area contributed by atoms with E-state index in [1.165, 1.54) is 0 Å². The first-order chi connectivity index (χ1) is 12.3. The Balaban J connectivity index is 2.29. The second-order valence-corrected chi connectivity index (χ2v) is 8.90. The average Bonchev–Trinajstić information content (AvgIpc) is 2.96. The van der Waals surface area contributed by atoms with E-state index in [0.29, 0.717) is 25.6 Å². The van der Waals surface area contributed by atoms with Crippen molar-refractivity contribution >= 4 is 9.84 Å². The summed E-state index contributed by atoms with van der Waals surface area (Å²) in [6, 6.07) is 9.23. The third-order valence-corrected chi connectivity index (χ3v) is 5.63. The van der Waals surface area contributed by atoms with Gasteiger partial charge >= 0.3 is 0 Å². The molecule has 0 aliphatic carbocycles. The molecule has 0 unspecified atom stereocenters. The molecule has 26 heavy (non-hydrogen) atoms. The van der Waals surface area contributed by atoms with Gasteiger partial charge in [0.2, 0.25) is 15.0 Å². The highest BCUT2D eigenvalue weighted by Gasteiger charge is 2.24. The number of imidazole rings is 1. The second kappa shape index (κ2) is 9.30. The standard InChI is InChI=1S/C19H29N3O3S/c1-16(2)13-22-18(14-21(3)10-11-25-4)12-20-19(22)26(23,24)15-17-8-6-5-7-9-17/h5-9,12,16H,10-11,13-15H2,1-4H3. The molecule has 144 valence electrons. The van der Waals surface area contributed by atoms with Crippen LogP contribution < -0.4 is 0 Å². The lowest BCUT2D eigenvalue weighted by Gasteiger charge is -2.19. The van der Waals surface area contributed by atoms with E-state index >= 15 is 0 Å². The summed E-state index contributed by atoms with van der Waals surface area (Å²) >= 11 is 0. The first kappa shape index (κ1) is 20.6. The first-order valence-electron chi connectivity index (χ1n) is 8.82. The molecule has 1 aromatic carbocycles. The minimum Gasteiger partial charge on any atom is -0.383 e. The predicted octanol–water partition coefficient (Wildman–Crippen LogP) is 2.59. The molecular formula is C19H29N3O3S. The molecular weight excluding hydrogens is 350 g/mol. The molecule has 0 saturated carbocycles. The summed E-state index contributed by atoms with van der Waals surface area (Å²) in [5.74, 6) is 0.278. The molecule has 0 atom stereocenters. The Morgan fingerprint density at radius 2 is 1.92 bits per heavy atom. The van der Waals surface area contributed by atoms with Crippen molar-refractivity contribution in [3.8, 4) is 0 Å². The van der Waals surface area contributed by atoms with E-state index in [4.69, 9.17) is 4.74 Å². The molecule has 0 bridgehead atoms. The fraction of sp³-hybridized carbons (Fsp3) is 0.526. The lowest BCUT2D eigenvalue weighted by Crippen LogP contribution is -2.25. The molecule has 0 radical (unpaired) electrons. The molecule has 7 heteroatoms. The Labute approximate surface area is 156 Å². The molecule has 1 aromatic heterocycles. The topological polar surface area (TPSA) is 64.4 Å². The van der Waals surface area contributed by atoms with Crippen LogP contribution in [0.5, 0.6) is 0 Å². The predicted molar refractivity (Wildman–Crippen MR) is 103 cm³/mol. The van der Waals surface area contributed by atoms with E-state index in [1.807, 2.05) is 41.9 Å². The third kappa shape index (κ3) is 5.65. The summed E-state index contributed by atoms with van der Waals surface area (Å²) < 4.78 is 32.9. The molecule has 0 fully saturated rings. The molecule has 0 aliphatic rings. The van der Waals surface area contributed by atoms with Gasteiger partial charge in [-0.15, -0.1) is 0 Å². The van der Waals surface area contributed by atoms with Crippen LogP contribution in [-0.4, -0.2) is 50.2 Å². The third-order valence-electron chi connectivity index (χ3n) is 4.04. The monoisotopic (exact) mass is 379 g/mol. The zero-order valence-electron chi connectivity index (χ0n) is 16.1. The highest BCUT2D eigenvalue weighted by Crippen LogP contribution is 2.20. The highest BCUT2D eigenvalue weighted by atomic mass is 32.2. The molecule has 6 nitrogen and oxygen atoms in total. The molecule has 0 N–H and O–H groups in total. The van der Waals surface area contributed by atoms with Crippen LogP contribution in [0.1, 0.15) is 25.1 Å². The average molecular weight is 380 g/mol. The number of nitrogens with zero attached hydrogens (tertiary/aromatic N) is 3. The van der Waals surface area contributed by atoms with Gasteiger partial charge in [0.15, 0.2) is 0 Å². The van der Waals surface area contributed by atoms with Crippen LogP contribution in [0.4, 0.5) is 0 Å². The molecule has 2 aromatic rings. The zero-order valence-corrected chi connectivity index (χ0v) is 16.9. The van der Waals surface area contributed by atoms with E-state index in [9.17, 15) is 8.42 Å². The van der Waals surface area contributed by atoms with Crippen molar-refractivity contribution in [3.63, 3.8) is 0 Å². The van der Waals surface area contributed by atoms with E-state index in [-0.39, 0.29) is 10.9 Å². The number of hydrogen-bond acceptors (Lipinski definition) is 5. The number of sulfone groups is 1. The first-order valence-corrected chi connectivity index (χ1v) is 10.5. The van der Waals surface area contributed by atoms with Crippen LogP contribution in [0.2, 0.25) is 0 Å². The lowest BCUT2D eigenvalue weighted by atomic mass is 10.2. The van der Waals surface area contributed by atoms with Crippen molar-refractivity contribution in [1.29, 1.82) is 0 Å². The Morgan fingerprint density at radius 3 is 2.54 bits per heavy atom. The molecule has 0 aliphatic heterocycles. The Kier molecular flexibility index (Phi) is 7.37. The van der Waals surface area contributed by atoms with Crippen LogP contribution in [0.25, 0.3) is 0 Å². The number of hydrogen-bond donors (Lipinski definition) is 0. The quantitative estimate of drug-likeness (QED) is 0.635. The second-order valence-electron chi connectivity index (χ2n) is 7.01. The van der Waals surface area contributed by atoms with Crippen LogP contribution in [-0.2, 0) is 33.4 Å². The van der Waals surface area contributed by atoms with Crippen molar-refractivity contribution in [3.05, 3.63) is 47.8 Å².